The highest BCUT2D eigenvalue weighted by molar-refractivity contribution is 5.77. The van der Waals surface area contributed by atoms with Crippen LogP contribution in [0, 0.1) is 5.92 Å². The summed E-state index contributed by atoms with van der Waals surface area (Å²) in [5, 5.41) is 11.4. The fraction of sp³-hybridized carbons (Fsp3) is 0.846. The van der Waals surface area contributed by atoms with Crippen molar-refractivity contribution in [2.24, 2.45) is 5.92 Å². The summed E-state index contributed by atoms with van der Waals surface area (Å²) in [7, 11) is 5.42. The zero-order chi connectivity index (χ0) is 15.1. The van der Waals surface area contributed by atoms with E-state index in [0.717, 1.165) is 32.5 Å². The Bertz CT molecular complexity index is 328. The van der Waals surface area contributed by atoms with Crippen LogP contribution in [0.3, 0.4) is 0 Å². The number of hydrogen-bond donors (Lipinski definition) is 2. The zero-order valence-electron chi connectivity index (χ0n) is 12.5. The van der Waals surface area contributed by atoms with Gasteiger partial charge in [-0.05, 0) is 32.9 Å². The molecule has 2 amide bonds. The van der Waals surface area contributed by atoms with Gasteiger partial charge in [-0.1, -0.05) is 0 Å². The molecule has 116 valence electrons. The summed E-state index contributed by atoms with van der Waals surface area (Å²) in [4.78, 5) is 26.6. The monoisotopic (exact) mass is 287 g/mol. The van der Waals surface area contributed by atoms with Crippen molar-refractivity contribution in [3.63, 3.8) is 0 Å². The third kappa shape index (κ3) is 5.34. The highest BCUT2D eigenvalue weighted by atomic mass is 16.5. The molecule has 1 rings (SSSR count). The smallest absolute Gasteiger partial charge is 0.334 e. The van der Waals surface area contributed by atoms with Gasteiger partial charge in [0, 0.05) is 26.7 Å². The molecule has 1 atom stereocenters. The van der Waals surface area contributed by atoms with Crippen molar-refractivity contribution in [1.82, 2.24) is 15.1 Å². The number of nitrogens with one attached hydrogen (secondary N) is 1. The molecule has 1 aliphatic heterocycles. The number of carbonyl (C=O) groups excluding carboxylic acids is 1. The number of piperidine rings is 1. The van der Waals surface area contributed by atoms with Gasteiger partial charge in [0.15, 0.2) is 6.10 Å². The molecule has 0 aromatic heterocycles. The number of nitrogens with zero attached hydrogens (tertiary/aromatic N) is 2. The van der Waals surface area contributed by atoms with Gasteiger partial charge >= 0.3 is 12.0 Å². The van der Waals surface area contributed by atoms with Crippen LogP contribution in [-0.2, 0) is 9.53 Å². The minimum absolute atomic E-state index is 0.0116. The number of amides is 2. The first-order valence-corrected chi connectivity index (χ1v) is 6.87. The van der Waals surface area contributed by atoms with E-state index in [-0.39, 0.29) is 12.6 Å². The van der Waals surface area contributed by atoms with E-state index in [0.29, 0.717) is 5.92 Å². The van der Waals surface area contributed by atoms with Crippen LogP contribution in [0.5, 0.6) is 0 Å². The van der Waals surface area contributed by atoms with Gasteiger partial charge in [-0.25, -0.2) is 9.59 Å². The largest absolute Gasteiger partial charge is 0.479 e. The van der Waals surface area contributed by atoms with Crippen LogP contribution in [0.4, 0.5) is 4.79 Å². The Labute approximate surface area is 119 Å². The van der Waals surface area contributed by atoms with Gasteiger partial charge in [0.05, 0.1) is 6.54 Å². The average molecular weight is 287 g/mol. The molecule has 0 saturated carbocycles. The number of carbonyl (C=O) groups is 2. The van der Waals surface area contributed by atoms with Gasteiger partial charge in [-0.3, -0.25) is 0 Å². The first-order valence-electron chi connectivity index (χ1n) is 6.87. The van der Waals surface area contributed by atoms with Crippen molar-refractivity contribution in [1.29, 1.82) is 0 Å². The predicted octanol–water partition coefficient (Wildman–Crippen LogP) is 0.0692. The molecule has 1 saturated heterocycles. The maximum Gasteiger partial charge on any atom is 0.334 e. The minimum Gasteiger partial charge on any atom is -0.479 e. The molecule has 0 aromatic rings. The molecule has 0 aliphatic carbocycles. The number of urea groups is 1. The Hall–Kier alpha value is -1.34. The summed E-state index contributed by atoms with van der Waals surface area (Å²) in [5.41, 5.74) is 0. The Morgan fingerprint density at radius 2 is 2.00 bits per heavy atom. The summed E-state index contributed by atoms with van der Waals surface area (Å²) in [6.45, 7) is 2.46. The second-order valence-corrected chi connectivity index (χ2v) is 5.44. The molecular weight excluding hydrogens is 262 g/mol. The number of hydrogen-bond acceptors (Lipinski definition) is 4. The van der Waals surface area contributed by atoms with E-state index < -0.39 is 12.1 Å². The Morgan fingerprint density at radius 3 is 2.45 bits per heavy atom. The van der Waals surface area contributed by atoms with Gasteiger partial charge in [-0.15, -0.1) is 0 Å². The van der Waals surface area contributed by atoms with Crippen LogP contribution in [0.15, 0.2) is 0 Å². The summed E-state index contributed by atoms with van der Waals surface area (Å²) >= 11 is 0. The van der Waals surface area contributed by atoms with Crippen LogP contribution in [0.1, 0.15) is 12.8 Å². The SMILES string of the molecule is COC(CNC(=O)N1CCC(CN(C)C)CC1)C(=O)O. The number of ether oxygens (including phenoxy) is 1. The van der Waals surface area contributed by atoms with Crippen molar-refractivity contribution in [3.05, 3.63) is 0 Å². The van der Waals surface area contributed by atoms with Crippen molar-refractivity contribution in [3.8, 4) is 0 Å². The molecule has 0 spiro atoms. The van der Waals surface area contributed by atoms with Crippen LogP contribution in [0.25, 0.3) is 0 Å². The zero-order valence-corrected chi connectivity index (χ0v) is 12.5. The van der Waals surface area contributed by atoms with Crippen LogP contribution in [-0.4, -0.2) is 80.4 Å². The second-order valence-electron chi connectivity index (χ2n) is 5.44. The number of likely N-dealkylation sites (tertiary alicyclic amines) is 1. The molecule has 0 radical (unpaired) electrons. The Kier molecular flexibility index (Phi) is 6.74. The van der Waals surface area contributed by atoms with E-state index in [4.69, 9.17) is 9.84 Å². The summed E-state index contributed by atoms with van der Waals surface area (Å²) in [5.74, 6) is -0.447. The number of rotatable bonds is 6. The third-order valence-electron chi connectivity index (χ3n) is 3.52. The number of methoxy groups -OCH3 is 1. The average Bonchev–Trinajstić information content (AvgIpc) is 2.39. The number of carboxylic acids is 1. The molecular formula is C13H25N3O4. The molecule has 7 nitrogen and oxygen atoms in total. The lowest BCUT2D eigenvalue weighted by Gasteiger charge is -2.33. The van der Waals surface area contributed by atoms with Gasteiger partial charge in [0.2, 0.25) is 0 Å². The van der Waals surface area contributed by atoms with Crippen molar-refractivity contribution < 1.29 is 19.4 Å². The lowest BCUT2D eigenvalue weighted by Crippen LogP contribution is -2.48. The quantitative estimate of drug-likeness (QED) is 0.722. The maximum absolute atomic E-state index is 11.9. The van der Waals surface area contributed by atoms with Gasteiger partial charge in [0.25, 0.3) is 0 Å². The molecule has 1 heterocycles. The second kappa shape index (κ2) is 8.06. The summed E-state index contributed by atoms with van der Waals surface area (Å²) in [6.07, 6.45) is 0.974. The van der Waals surface area contributed by atoms with Crippen LogP contribution in [0.2, 0.25) is 0 Å². The highest BCUT2D eigenvalue weighted by Crippen LogP contribution is 2.17. The molecule has 1 fully saturated rings. The lowest BCUT2D eigenvalue weighted by atomic mass is 9.97. The normalized spacial score (nSPS) is 18.1. The maximum atomic E-state index is 11.9. The Balaban J connectivity index is 2.30. The molecule has 1 aliphatic rings. The topological polar surface area (TPSA) is 82.1 Å². The molecule has 1 unspecified atom stereocenters. The molecule has 0 aromatic carbocycles. The van der Waals surface area contributed by atoms with Crippen LogP contribution >= 0.6 is 0 Å². The van der Waals surface area contributed by atoms with Crippen LogP contribution < -0.4 is 5.32 Å². The fourth-order valence-electron chi connectivity index (χ4n) is 2.40. The molecule has 20 heavy (non-hydrogen) atoms. The lowest BCUT2D eigenvalue weighted by molar-refractivity contribution is -0.148. The number of aliphatic carboxylic acids is 1. The summed E-state index contributed by atoms with van der Waals surface area (Å²) in [6, 6.07) is -0.211. The molecule has 7 heteroatoms. The Morgan fingerprint density at radius 1 is 1.40 bits per heavy atom. The predicted molar refractivity (Wildman–Crippen MR) is 74.7 cm³/mol. The van der Waals surface area contributed by atoms with Crippen molar-refractivity contribution in [2.75, 3.05) is 47.4 Å². The standard InChI is InChI=1S/C13H25N3O4/c1-15(2)9-10-4-6-16(7-5-10)13(19)14-8-11(20-3)12(17)18/h10-11H,4-9H2,1-3H3,(H,14,19)(H,17,18). The first-order chi connectivity index (χ1) is 9.43. The van der Waals surface area contributed by atoms with Gasteiger partial charge in [-0.2, -0.15) is 0 Å². The molecule has 0 bridgehead atoms. The van der Waals surface area contributed by atoms with E-state index in [2.05, 4.69) is 24.3 Å². The van der Waals surface area contributed by atoms with E-state index in [9.17, 15) is 9.59 Å². The van der Waals surface area contributed by atoms with E-state index in [1.165, 1.54) is 7.11 Å². The third-order valence-corrected chi connectivity index (χ3v) is 3.52. The van der Waals surface area contributed by atoms with E-state index in [1.54, 1.807) is 4.90 Å². The summed E-state index contributed by atoms with van der Waals surface area (Å²) < 4.78 is 4.77. The van der Waals surface area contributed by atoms with Gasteiger partial charge in [0.1, 0.15) is 0 Å². The highest BCUT2D eigenvalue weighted by Gasteiger charge is 2.24. The van der Waals surface area contributed by atoms with Crippen molar-refractivity contribution >= 4 is 12.0 Å². The number of carboxylic acid groups (broad SMARTS) is 1. The first kappa shape index (κ1) is 16.7. The minimum atomic E-state index is -1.07. The van der Waals surface area contributed by atoms with E-state index in [1.807, 2.05) is 0 Å². The van der Waals surface area contributed by atoms with Gasteiger partial charge < -0.3 is 25.0 Å². The molecule has 2 N–H and O–H groups in total. The fourth-order valence-corrected chi connectivity index (χ4v) is 2.40. The van der Waals surface area contributed by atoms with E-state index >= 15 is 0 Å². The van der Waals surface area contributed by atoms with Crippen molar-refractivity contribution in [2.45, 2.75) is 18.9 Å².